The van der Waals surface area contributed by atoms with Gasteiger partial charge in [0.2, 0.25) is 0 Å². The first kappa shape index (κ1) is 21.4. The zero-order valence-corrected chi connectivity index (χ0v) is 17.1. The van der Waals surface area contributed by atoms with Crippen LogP contribution in [0, 0.1) is 16.0 Å². The average molecular weight is 415 g/mol. The van der Waals surface area contributed by atoms with Crippen LogP contribution in [0.3, 0.4) is 0 Å². The van der Waals surface area contributed by atoms with Crippen molar-refractivity contribution in [2.45, 2.75) is 26.3 Å². The first-order valence-electron chi connectivity index (χ1n) is 9.82. The summed E-state index contributed by atoms with van der Waals surface area (Å²) < 4.78 is 10.3. The first-order chi connectivity index (χ1) is 14.3. The number of carbonyl (C=O) groups excluding carboxylic acids is 2. The number of anilines is 1. The van der Waals surface area contributed by atoms with Gasteiger partial charge in [0.05, 0.1) is 23.3 Å². The minimum Gasteiger partial charge on any atom is -0.467 e. The van der Waals surface area contributed by atoms with Crippen molar-refractivity contribution in [3.05, 3.63) is 58.0 Å². The molecule has 1 atom stereocenters. The van der Waals surface area contributed by atoms with Gasteiger partial charge in [-0.2, -0.15) is 0 Å². The van der Waals surface area contributed by atoms with Gasteiger partial charge in [0, 0.05) is 26.2 Å². The van der Waals surface area contributed by atoms with Gasteiger partial charge in [-0.25, -0.2) is 4.79 Å². The van der Waals surface area contributed by atoms with Crippen LogP contribution in [-0.4, -0.2) is 48.4 Å². The van der Waals surface area contributed by atoms with Gasteiger partial charge in [0.15, 0.2) is 6.61 Å². The number of furan rings is 1. The fourth-order valence-corrected chi connectivity index (χ4v) is 3.52. The summed E-state index contributed by atoms with van der Waals surface area (Å²) in [5, 5.41) is 11.6. The molecule has 1 fully saturated rings. The summed E-state index contributed by atoms with van der Waals surface area (Å²) in [6.07, 6.45) is 3.57. The molecule has 9 heteroatoms. The second-order valence-electron chi connectivity index (χ2n) is 7.56. The quantitative estimate of drug-likeness (QED) is 0.388. The Morgan fingerprint density at radius 2 is 2.17 bits per heavy atom. The van der Waals surface area contributed by atoms with Crippen LogP contribution < -0.4 is 4.90 Å². The average Bonchev–Trinajstić information content (AvgIpc) is 3.24. The second kappa shape index (κ2) is 9.43. The van der Waals surface area contributed by atoms with Crippen molar-refractivity contribution in [1.29, 1.82) is 0 Å². The molecule has 1 amide bonds. The molecule has 2 aromatic rings. The third-order valence-electron chi connectivity index (χ3n) is 5.13. The molecular weight excluding hydrogens is 390 g/mol. The van der Waals surface area contributed by atoms with E-state index in [0.717, 1.165) is 25.9 Å². The van der Waals surface area contributed by atoms with E-state index in [2.05, 4.69) is 6.92 Å². The molecule has 1 aromatic heterocycles. The molecule has 0 saturated carbocycles. The van der Waals surface area contributed by atoms with Crippen molar-refractivity contribution in [2.24, 2.45) is 5.92 Å². The van der Waals surface area contributed by atoms with Gasteiger partial charge in [0.1, 0.15) is 11.4 Å². The largest absolute Gasteiger partial charge is 0.467 e. The summed E-state index contributed by atoms with van der Waals surface area (Å²) in [6, 6.07) is 7.75. The Kier molecular flexibility index (Phi) is 6.71. The highest BCUT2D eigenvalue weighted by Gasteiger charge is 2.26. The molecule has 0 unspecified atom stereocenters. The SMILES string of the molecule is C[C@@H]1CCCN(c2ccc(C(=O)OCC(=O)N(C)Cc3ccco3)cc2[N+](=O)[O-])C1. The van der Waals surface area contributed by atoms with Crippen molar-refractivity contribution < 1.29 is 23.7 Å². The highest BCUT2D eigenvalue weighted by molar-refractivity contribution is 5.93. The molecule has 0 bridgehead atoms. The third kappa shape index (κ3) is 5.16. The number of rotatable bonds is 7. The van der Waals surface area contributed by atoms with E-state index in [-0.39, 0.29) is 17.8 Å². The lowest BCUT2D eigenvalue weighted by molar-refractivity contribution is -0.384. The lowest BCUT2D eigenvalue weighted by Gasteiger charge is -2.32. The number of nitro benzene ring substituents is 1. The van der Waals surface area contributed by atoms with Gasteiger partial charge in [-0.05, 0) is 43.0 Å². The number of amides is 1. The molecule has 1 aliphatic heterocycles. The van der Waals surface area contributed by atoms with Crippen molar-refractivity contribution in [3.8, 4) is 0 Å². The normalized spacial score (nSPS) is 16.2. The van der Waals surface area contributed by atoms with E-state index < -0.39 is 23.4 Å². The van der Waals surface area contributed by atoms with Crippen LogP contribution in [0.15, 0.2) is 41.0 Å². The number of ether oxygens (including phenoxy) is 1. The smallest absolute Gasteiger partial charge is 0.338 e. The van der Waals surface area contributed by atoms with E-state index in [1.165, 1.54) is 23.3 Å². The Hall–Kier alpha value is -3.36. The number of nitrogens with zero attached hydrogens (tertiary/aromatic N) is 3. The first-order valence-corrected chi connectivity index (χ1v) is 9.82. The van der Waals surface area contributed by atoms with Crippen molar-refractivity contribution in [2.75, 3.05) is 31.6 Å². The lowest BCUT2D eigenvalue weighted by Crippen LogP contribution is -2.34. The fraction of sp³-hybridized carbons (Fsp3) is 0.429. The predicted octanol–water partition coefficient (Wildman–Crippen LogP) is 3.24. The van der Waals surface area contributed by atoms with Gasteiger partial charge < -0.3 is 19.0 Å². The Labute approximate surface area is 174 Å². The number of esters is 1. The Morgan fingerprint density at radius 1 is 1.37 bits per heavy atom. The van der Waals surface area contributed by atoms with Gasteiger partial charge in [-0.15, -0.1) is 0 Å². The van der Waals surface area contributed by atoms with Crippen molar-refractivity contribution in [3.63, 3.8) is 0 Å². The van der Waals surface area contributed by atoms with Crippen molar-refractivity contribution in [1.82, 2.24) is 4.90 Å². The number of carbonyl (C=O) groups is 2. The van der Waals surface area contributed by atoms with Gasteiger partial charge >= 0.3 is 5.97 Å². The number of hydrogen-bond acceptors (Lipinski definition) is 7. The number of piperidine rings is 1. The van der Waals surface area contributed by atoms with E-state index in [9.17, 15) is 19.7 Å². The van der Waals surface area contributed by atoms with Crippen LogP contribution >= 0.6 is 0 Å². The molecule has 0 N–H and O–H groups in total. The topological polar surface area (TPSA) is 106 Å². The molecular formula is C21H25N3O6. The van der Waals surface area contributed by atoms with E-state index >= 15 is 0 Å². The van der Waals surface area contributed by atoms with E-state index in [1.54, 1.807) is 25.2 Å². The summed E-state index contributed by atoms with van der Waals surface area (Å²) in [5.74, 6) is -0.132. The van der Waals surface area contributed by atoms with Crippen LogP contribution in [0.4, 0.5) is 11.4 Å². The molecule has 3 rings (SSSR count). The minimum absolute atomic E-state index is 0.0389. The molecule has 0 spiro atoms. The van der Waals surface area contributed by atoms with Gasteiger partial charge in [-0.1, -0.05) is 6.92 Å². The predicted molar refractivity (Wildman–Crippen MR) is 109 cm³/mol. The second-order valence-corrected chi connectivity index (χ2v) is 7.56. The molecule has 1 aliphatic rings. The zero-order valence-electron chi connectivity index (χ0n) is 17.1. The van der Waals surface area contributed by atoms with Crippen LogP contribution in [-0.2, 0) is 16.1 Å². The standard InChI is InChI=1S/C21H25N3O6/c1-15-5-3-9-23(12-15)18-8-7-16(11-19(18)24(27)28)21(26)30-14-20(25)22(2)13-17-6-4-10-29-17/h4,6-8,10-11,15H,3,5,9,12-14H2,1-2H3/t15-/m1/s1. The van der Waals surface area contributed by atoms with Crippen LogP contribution in [0.25, 0.3) is 0 Å². The lowest BCUT2D eigenvalue weighted by atomic mass is 9.99. The summed E-state index contributed by atoms with van der Waals surface area (Å²) in [6.45, 7) is 3.38. The molecule has 160 valence electrons. The third-order valence-corrected chi connectivity index (χ3v) is 5.13. The maximum absolute atomic E-state index is 12.4. The van der Waals surface area contributed by atoms with E-state index in [4.69, 9.17) is 9.15 Å². The number of benzene rings is 1. The zero-order chi connectivity index (χ0) is 21.7. The van der Waals surface area contributed by atoms with Crippen molar-refractivity contribution >= 4 is 23.3 Å². The summed E-state index contributed by atoms with van der Waals surface area (Å²) in [5.41, 5.74) is 0.397. The Bertz CT molecular complexity index is 911. The van der Waals surface area contributed by atoms with Crippen LogP contribution in [0.5, 0.6) is 0 Å². The van der Waals surface area contributed by atoms with Gasteiger partial charge in [-0.3, -0.25) is 14.9 Å². The number of hydrogen-bond donors (Lipinski definition) is 0. The van der Waals surface area contributed by atoms with E-state index in [0.29, 0.717) is 17.4 Å². The van der Waals surface area contributed by atoms with E-state index in [1.807, 2.05) is 4.90 Å². The minimum atomic E-state index is -0.781. The molecule has 1 aromatic carbocycles. The molecule has 30 heavy (non-hydrogen) atoms. The monoisotopic (exact) mass is 415 g/mol. The molecule has 0 radical (unpaired) electrons. The maximum atomic E-state index is 12.4. The summed E-state index contributed by atoms with van der Waals surface area (Å²) in [4.78, 5) is 39.0. The number of likely N-dealkylation sites (N-methyl/N-ethyl adjacent to an activating group) is 1. The Morgan fingerprint density at radius 3 is 2.83 bits per heavy atom. The highest BCUT2D eigenvalue weighted by Crippen LogP contribution is 2.32. The van der Waals surface area contributed by atoms with Crippen LogP contribution in [0.1, 0.15) is 35.9 Å². The maximum Gasteiger partial charge on any atom is 0.338 e. The molecule has 2 heterocycles. The molecule has 0 aliphatic carbocycles. The number of nitro groups is 1. The summed E-state index contributed by atoms with van der Waals surface area (Å²) in [7, 11) is 1.57. The summed E-state index contributed by atoms with van der Waals surface area (Å²) >= 11 is 0. The fourth-order valence-electron chi connectivity index (χ4n) is 3.52. The highest BCUT2D eigenvalue weighted by atomic mass is 16.6. The van der Waals surface area contributed by atoms with Crippen LogP contribution in [0.2, 0.25) is 0 Å². The van der Waals surface area contributed by atoms with Gasteiger partial charge in [0.25, 0.3) is 11.6 Å². The molecule has 9 nitrogen and oxygen atoms in total. The Balaban J connectivity index is 1.64. The molecule has 1 saturated heterocycles.